The first-order chi connectivity index (χ1) is 10.7. The summed E-state index contributed by atoms with van der Waals surface area (Å²) in [6.45, 7) is 0.323. The molecule has 10 heteroatoms. The van der Waals surface area contributed by atoms with Gasteiger partial charge >= 0.3 is 6.18 Å². The number of amides is 2. The summed E-state index contributed by atoms with van der Waals surface area (Å²) in [5.41, 5.74) is 3.33. The van der Waals surface area contributed by atoms with E-state index in [9.17, 15) is 27.2 Å². The van der Waals surface area contributed by atoms with Crippen molar-refractivity contribution in [3.05, 3.63) is 35.1 Å². The minimum atomic E-state index is -4.75. The number of nitrogens with zero attached hydrogens (tertiary/aromatic N) is 2. The van der Waals surface area contributed by atoms with Gasteiger partial charge in [0.2, 0.25) is 5.91 Å². The van der Waals surface area contributed by atoms with Crippen molar-refractivity contribution in [1.82, 2.24) is 9.80 Å². The van der Waals surface area contributed by atoms with Gasteiger partial charge in [0.15, 0.2) is 0 Å². The molecule has 0 bridgehead atoms. The van der Waals surface area contributed by atoms with Gasteiger partial charge < -0.3 is 15.5 Å². The molecule has 24 heavy (non-hydrogen) atoms. The second-order valence-corrected chi connectivity index (χ2v) is 5.06. The van der Waals surface area contributed by atoms with Crippen molar-refractivity contribution in [3.63, 3.8) is 0 Å². The van der Waals surface area contributed by atoms with E-state index in [1.165, 1.54) is 9.80 Å². The summed E-state index contributed by atoms with van der Waals surface area (Å²) in [4.78, 5) is 26.3. The highest BCUT2D eigenvalue weighted by atomic mass is 35.5. The highest BCUT2D eigenvalue weighted by Gasteiger charge is 2.37. The third kappa shape index (κ3) is 4.35. The minimum Gasteiger partial charge on any atom is -0.338 e. The van der Waals surface area contributed by atoms with E-state index in [1.807, 2.05) is 0 Å². The van der Waals surface area contributed by atoms with Gasteiger partial charge in [0.1, 0.15) is 5.82 Å². The lowest BCUT2D eigenvalue weighted by atomic mass is 10.0. The van der Waals surface area contributed by atoms with Crippen molar-refractivity contribution < 1.29 is 27.2 Å². The largest absolute Gasteiger partial charge is 0.417 e. The van der Waals surface area contributed by atoms with E-state index in [0.29, 0.717) is 18.2 Å². The molecule has 1 aromatic carbocycles. The summed E-state index contributed by atoms with van der Waals surface area (Å²) >= 11 is 0. The van der Waals surface area contributed by atoms with Crippen LogP contribution < -0.4 is 5.73 Å². The summed E-state index contributed by atoms with van der Waals surface area (Å²) in [6.07, 6.45) is -4.75. The molecule has 0 spiro atoms. The lowest BCUT2D eigenvalue weighted by molar-refractivity contribution is -0.138. The molecule has 134 valence electrons. The number of piperazine rings is 1. The molecule has 0 saturated carbocycles. The lowest BCUT2D eigenvalue weighted by Gasteiger charge is -2.35. The normalized spacial score (nSPS) is 15.0. The number of benzene rings is 1. The van der Waals surface area contributed by atoms with Gasteiger partial charge in [0, 0.05) is 26.2 Å². The Labute approximate surface area is 141 Å². The van der Waals surface area contributed by atoms with Crippen LogP contribution >= 0.6 is 12.4 Å². The molecule has 0 aliphatic carbocycles. The first-order valence-corrected chi connectivity index (χ1v) is 6.88. The molecular weight excluding hydrogens is 354 g/mol. The maximum Gasteiger partial charge on any atom is 0.417 e. The van der Waals surface area contributed by atoms with Crippen LogP contribution in [0.3, 0.4) is 0 Å². The van der Waals surface area contributed by atoms with E-state index in [2.05, 4.69) is 0 Å². The molecule has 1 aromatic rings. The number of halogens is 5. The SMILES string of the molecule is Cl.NCC(=O)N1CCN(C(=O)c2cc(F)ccc2C(F)(F)F)CC1. The van der Waals surface area contributed by atoms with Crippen LogP contribution in [0.4, 0.5) is 17.6 Å². The predicted molar refractivity (Wildman–Crippen MR) is 80.2 cm³/mol. The first kappa shape index (κ1) is 20.2. The Bertz CT molecular complexity index is 617. The molecule has 1 fully saturated rings. The van der Waals surface area contributed by atoms with Crippen molar-refractivity contribution in [2.45, 2.75) is 6.18 Å². The first-order valence-electron chi connectivity index (χ1n) is 6.88. The molecule has 2 rings (SSSR count). The van der Waals surface area contributed by atoms with E-state index in [4.69, 9.17) is 5.73 Å². The molecular formula is C14H16ClF4N3O2. The summed E-state index contributed by atoms with van der Waals surface area (Å²) in [5.74, 6) is -2.12. The number of rotatable bonds is 2. The van der Waals surface area contributed by atoms with Crippen LogP contribution in [-0.2, 0) is 11.0 Å². The minimum absolute atomic E-state index is 0. The fraction of sp³-hybridized carbons (Fsp3) is 0.429. The Balaban J connectivity index is 0.00000288. The zero-order valence-corrected chi connectivity index (χ0v) is 13.3. The van der Waals surface area contributed by atoms with Crippen LogP contribution in [0.1, 0.15) is 15.9 Å². The summed E-state index contributed by atoms with van der Waals surface area (Å²) in [7, 11) is 0. The smallest absolute Gasteiger partial charge is 0.338 e. The molecule has 5 nitrogen and oxygen atoms in total. The average Bonchev–Trinajstić information content (AvgIpc) is 2.52. The lowest BCUT2D eigenvalue weighted by Crippen LogP contribution is -2.52. The van der Waals surface area contributed by atoms with Gasteiger partial charge in [-0.25, -0.2) is 4.39 Å². The van der Waals surface area contributed by atoms with Gasteiger partial charge in [-0.05, 0) is 18.2 Å². The van der Waals surface area contributed by atoms with Gasteiger partial charge in [-0.2, -0.15) is 13.2 Å². The van der Waals surface area contributed by atoms with Gasteiger partial charge in [0.05, 0.1) is 17.7 Å². The van der Waals surface area contributed by atoms with Crippen LogP contribution in [0.5, 0.6) is 0 Å². The van der Waals surface area contributed by atoms with Crippen LogP contribution in [0.2, 0.25) is 0 Å². The van der Waals surface area contributed by atoms with Gasteiger partial charge in [-0.15, -0.1) is 12.4 Å². The molecule has 2 N–H and O–H groups in total. The highest BCUT2D eigenvalue weighted by molar-refractivity contribution is 5.96. The van der Waals surface area contributed by atoms with Gasteiger partial charge in [-0.1, -0.05) is 0 Å². The number of hydrogen-bond donors (Lipinski definition) is 1. The second kappa shape index (κ2) is 7.80. The molecule has 2 amide bonds. The Morgan fingerprint density at radius 1 is 1.08 bits per heavy atom. The van der Waals surface area contributed by atoms with Crippen molar-refractivity contribution in [2.24, 2.45) is 5.73 Å². The third-order valence-electron chi connectivity index (χ3n) is 3.61. The molecule has 1 heterocycles. The number of nitrogens with two attached hydrogens (primary N) is 1. The monoisotopic (exact) mass is 369 g/mol. The van der Waals surface area contributed by atoms with E-state index in [1.54, 1.807) is 0 Å². The summed E-state index contributed by atoms with van der Waals surface area (Å²) in [5, 5.41) is 0. The quantitative estimate of drug-likeness (QED) is 0.804. The number of alkyl halides is 3. The van der Waals surface area contributed by atoms with Crippen LogP contribution in [0.25, 0.3) is 0 Å². The molecule has 1 aliphatic heterocycles. The van der Waals surface area contributed by atoms with Crippen molar-refractivity contribution in [3.8, 4) is 0 Å². The van der Waals surface area contributed by atoms with Crippen molar-refractivity contribution in [1.29, 1.82) is 0 Å². The average molecular weight is 370 g/mol. The number of hydrogen-bond acceptors (Lipinski definition) is 3. The van der Waals surface area contributed by atoms with E-state index in [0.717, 1.165) is 0 Å². The van der Waals surface area contributed by atoms with E-state index >= 15 is 0 Å². The van der Waals surface area contributed by atoms with Crippen LogP contribution in [-0.4, -0.2) is 54.3 Å². The number of carbonyl (C=O) groups excluding carboxylic acids is 2. The predicted octanol–water partition coefficient (Wildman–Crippen LogP) is 1.51. The van der Waals surface area contributed by atoms with E-state index in [-0.39, 0.29) is 51.0 Å². The Kier molecular flexibility index (Phi) is 6.56. The molecule has 0 radical (unpaired) electrons. The highest BCUT2D eigenvalue weighted by Crippen LogP contribution is 2.33. The maximum atomic E-state index is 13.3. The maximum absolute atomic E-state index is 13.3. The zero-order valence-electron chi connectivity index (χ0n) is 12.5. The molecule has 0 atom stereocenters. The third-order valence-corrected chi connectivity index (χ3v) is 3.61. The van der Waals surface area contributed by atoms with E-state index < -0.39 is 29.0 Å². The Morgan fingerprint density at radius 3 is 2.12 bits per heavy atom. The fourth-order valence-electron chi connectivity index (χ4n) is 2.40. The Morgan fingerprint density at radius 2 is 1.62 bits per heavy atom. The standard InChI is InChI=1S/C14H15F4N3O2.ClH/c15-9-1-2-11(14(16,17)18)10(7-9)13(23)21-5-3-20(4-6-21)12(22)8-19;/h1-2,7H,3-6,8,19H2;1H. The van der Waals surface area contributed by atoms with Crippen LogP contribution in [0.15, 0.2) is 18.2 Å². The van der Waals surface area contributed by atoms with Gasteiger partial charge in [0.25, 0.3) is 5.91 Å². The molecule has 1 aliphatic rings. The molecule has 1 saturated heterocycles. The molecule has 0 aromatic heterocycles. The van der Waals surface area contributed by atoms with Crippen molar-refractivity contribution >= 4 is 24.2 Å². The fourth-order valence-corrected chi connectivity index (χ4v) is 2.40. The van der Waals surface area contributed by atoms with Crippen molar-refractivity contribution in [2.75, 3.05) is 32.7 Å². The molecule has 0 unspecified atom stereocenters. The van der Waals surface area contributed by atoms with Gasteiger partial charge in [-0.3, -0.25) is 9.59 Å². The number of carbonyl (C=O) groups is 2. The summed E-state index contributed by atoms with van der Waals surface area (Å²) < 4.78 is 52.2. The summed E-state index contributed by atoms with van der Waals surface area (Å²) in [6, 6.07) is 1.80. The Hall–Kier alpha value is -1.87. The topological polar surface area (TPSA) is 66.6 Å². The van der Waals surface area contributed by atoms with Crippen LogP contribution in [0, 0.1) is 5.82 Å². The zero-order chi connectivity index (χ0) is 17.2. The second-order valence-electron chi connectivity index (χ2n) is 5.06.